The molecule has 2 heterocycles. The van der Waals surface area contributed by atoms with Gasteiger partial charge in [-0.15, -0.1) is 0 Å². The lowest BCUT2D eigenvalue weighted by Gasteiger charge is -2.22. The van der Waals surface area contributed by atoms with Crippen molar-refractivity contribution in [3.63, 3.8) is 0 Å². The van der Waals surface area contributed by atoms with Gasteiger partial charge in [0.1, 0.15) is 5.76 Å². The molecule has 0 radical (unpaired) electrons. The van der Waals surface area contributed by atoms with Crippen LogP contribution in [0.2, 0.25) is 0 Å². The van der Waals surface area contributed by atoms with E-state index in [4.69, 9.17) is 4.52 Å². The van der Waals surface area contributed by atoms with Gasteiger partial charge in [-0.1, -0.05) is 35.5 Å². The fourth-order valence-corrected chi connectivity index (χ4v) is 3.25. The molecule has 140 valence electrons. The topological polar surface area (TPSA) is 92.5 Å². The van der Waals surface area contributed by atoms with Crippen molar-refractivity contribution >= 4 is 23.5 Å². The molecule has 0 fully saturated rings. The van der Waals surface area contributed by atoms with Crippen LogP contribution in [0.5, 0.6) is 0 Å². The number of nitrogens with one attached hydrogen (secondary N) is 1. The maximum atomic E-state index is 12.9. The third-order valence-corrected chi connectivity index (χ3v) is 4.72. The number of carbonyl (C=O) groups is 3. The normalized spacial score (nSPS) is 14.1. The van der Waals surface area contributed by atoms with Gasteiger partial charge in [0.05, 0.1) is 17.2 Å². The third kappa shape index (κ3) is 2.96. The number of aromatic nitrogens is 1. The highest BCUT2D eigenvalue weighted by Gasteiger charge is 2.39. The molecule has 2 aromatic carbocycles. The Hall–Kier alpha value is -3.74. The van der Waals surface area contributed by atoms with Crippen molar-refractivity contribution < 1.29 is 18.9 Å². The summed E-state index contributed by atoms with van der Waals surface area (Å²) in [7, 11) is 0. The summed E-state index contributed by atoms with van der Waals surface area (Å²) in [5, 5.41) is 6.32. The van der Waals surface area contributed by atoms with Gasteiger partial charge in [0.25, 0.3) is 17.7 Å². The number of carbonyl (C=O) groups excluding carboxylic acids is 3. The molecule has 0 saturated carbocycles. The van der Waals surface area contributed by atoms with Gasteiger partial charge in [0, 0.05) is 11.6 Å². The zero-order valence-electron chi connectivity index (χ0n) is 15.3. The average Bonchev–Trinajstić information content (AvgIpc) is 3.22. The molecule has 3 amide bonds. The Balaban J connectivity index is 1.61. The Morgan fingerprint density at radius 3 is 2.43 bits per heavy atom. The van der Waals surface area contributed by atoms with Crippen LogP contribution in [-0.2, 0) is 0 Å². The van der Waals surface area contributed by atoms with Gasteiger partial charge in [0.15, 0.2) is 5.82 Å². The number of rotatable bonds is 4. The number of nitrogens with zero attached hydrogens (tertiary/aromatic N) is 2. The van der Waals surface area contributed by atoms with Crippen molar-refractivity contribution in [2.45, 2.75) is 19.9 Å². The molecule has 1 aliphatic heterocycles. The molecule has 0 saturated heterocycles. The van der Waals surface area contributed by atoms with Crippen molar-refractivity contribution in [2.24, 2.45) is 0 Å². The van der Waals surface area contributed by atoms with Crippen LogP contribution in [0.4, 0.5) is 5.82 Å². The second-order valence-corrected chi connectivity index (χ2v) is 6.60. The van der Waals surface area contributed by atoms with E-state index in [9.17, 15) is 14.4 Å². The van der Waals surface area contributed by atoms with Crippen molar-refractivity contribution in [1.82, 2.24) is 10.1 Å². The number of benzene rings is 2. The van der Waals surface area contributed by atoms with Crippen molar-refractivity contribution in [2.75, 3.05) is 5.32 Å². The number of anilines is 1. The Morgan fingerprint density at radius 1 is 1.04 bits per heavy atom. The molecule has 4 rings (SSSR count). The maximum absolute atomic E-state index is 12.9. The van der Waals surface area contributed by atoms with E-state index >= 15 is 0 Å². The molecule has 1 aliphatic rings. The standard InChI is InChI=1S/C21H17N3O4/c1-12-10-18(23-28-12)22-19(25)15-8-9-16-17(11-15)21(27)24(20(16)26)13(2)14-6-4-3-5-7-14/h3-11,13H,1-2H3,(H,22,23,25)/t13-/m0/s1. The first kappa shape index (κ1) is 17.7. The minimum Gasteiger partial charge on any atom is -0.360 e. The monoisotopic (exact) mass is 375 g/mol. The third-order valence-electron chi connectivity index (χ3n) is 4.72. The smallest absolute Gasteiger partial charge is 0.262 e. The van der Waals surface area contributed by atoms with Crippen LogP contribution in [0.3, 0.4) is 0 Å². The largest absolute Gasteiger partial charge is 0.360 e. The molecule has 1 N–H and O–H groups in total. The van der Waals surface area contributed by atoms with Gasteiger partial charge >= 0.3 is 0 Å². The molecule has 0 aliphatic carbocycles. The predicted molar refractivity (Wildman–Crippen MR) is 101 cm³/mol. The zero-order valence-corrected chi connectivity index (χ0v) is 15.3. The predicted octanol–water partition coefficient (Wildman–Crippen LogP) is 3.59. The van der Waals surface area contributed by atoms with E-state index in [2.05, 4.69) is 10.5 Å². The van der Waals surface area contributed by atoms with Gasteiger partial charge < -0.3 is 9.84 Å². The first-order valence-corrected chi connectivity index (χ1v) is 8.77. The van der Waals surface area contributed by atoms with E-state index < -0.39 is 17.9 Å². The average molecular weight is 375 g/mol. The lowest BCUT2D eigenvalue weighted by Crippen LogP contribution is -2.32. The van der Waals surface area contributed by atoms with Crippen LogP contribution in [0.15, 0.2) is 59.1 Å². The quantitative estimate of drug-likeness (QED) is 0.704. The molecule has 3 aromatic rings. The molecule has 7 nitrogen and oxygen atoms in total. The fourth-order valence-electron chi connectivity index (χ4n) is 3.25. The Morgan fingerprint density at radius 2 is 1.75 bits per heavy atom. The lowest BCUT2D eigenvalue weighted by atomic mass is 10.1. The highest BCUT2D eigenvalue weighted by atomic mass is 16.5. The van der Waals surface area contributed by atoms with Crippen LogP contribution < -0.4 is 5.32 Å². The molecule has 7 heteroatoms. The summed E-state index contributed by atoms with van der Waals surface area (Å²) in [6, 6.07) is 15.0. The summed E-state index contributed by atoms with van der Waals surface area (Å²) < 4.78 is 4.92. The Labute approximate surface area is 160 Å². The van der Waals surface area contributed by atoms with E-state index in [0.717, 1.165) is 5.56 Å². The van der Waals surface area contributed by atoms with Crippen LogP contribution in [-0.4, -0.2) is 27.8 Å². The van der Waals surface area contributed by atoms with Gasteiger partial charge in [-0.3, -0.25) is 19.3 Å². The number of hydrogen-bond acceptors (Lipinski definition) is 5. The molecule has 1 atom stereocenters. The minimum atomic E-state index is -0.439. The van der Waals surface area contributed by atoms with Gasteiger partial charge in [0.2, 0.25) is 0 Å². The second-order valence-electron chi connectivity index (χ2n) is 6.60. The molecular weight excluding hydrogens is 358 g/mol. The molecule has 0 unspecified atom stereocenters. The van der Waals surface area contributed by atoms with Gasteiger partial charge in [-0.2, -0.15) is 0 Å². The zero-order chi connectivity index (χ0) is 19.8. The number of imide groups is 1. The van der Waals surface area contributed by atoms with Crippen LogP contribution in [0.1, 0.15) is 55.4 Å². The lowest BCUT2D eigenvalue weighted by molar-refractivity contribution is 0.0595. The minimum absolute atomic E-state index is 0.219. The van der Waals surface area contributed by atoms with Crippen LogP contribution >= 0.6 is 0 Å². The summed E-state index contributed by atoms with van der Waals surface area (Å²) >= 11 is 0. The maximum Gasteiger partial charge on any atom is 0.262 e. The summed E-state index contributed by atoms with van der Waals surface area (Å²) in [5.41, 5.74) is 1.63. The molecular formula is C21H17N3O4. The van der Waals surface area contributed by atoms with Gasteiger partial charge in [-0.25, -0.2) is 0 Å². The van der Waals surface area contributed by atoms with E-state index in [-0.39, 0.29) is 22.9 Å². The number of aryl methyl sites for hydroxylation is 1. The molecule has 0 bridgehead atoms. The van der Waals surface area contributed by atoms with E-state index in [1.54, 1.807) is 19.9 Å². The first-order chi connectivity index (χ1) is 13.5. The highest BCUT2D eigenvalue weighted by Crippen LogP contribution is 2.31. The number of hydrogen-bond donors (Lipinski definition) is 1. The SMILES string of the molecule is Cc1cc(NC(=O)c2ccc3c(c2)C(=O)N([C@@H](C)c2ccccc2)C3=O)no1. The molecule has 28 heavy (non-hydrogen) atoms. The van der Waals surface area contributed by atoms with Crippen molar-refractivity contribution in [1.29, 1.82) is 0 Å². The van der Waals surface area contributed by atoms with E-state index in [0.29, 0.717) is 11.3 Å². The summed E-state index contributed by atoms with van der Waals surface area (Å²) in [4.78, 5) is 39.4. The first-order valence-electron chi connectivity index (χ1n) is 8.77. The van der Waals surface area contributed by atoms with E-state index in [1.165, 1.54) is 23.1 Å². The molecule has 1 aromatic heterocycles. The number of fused-ring (bicyclic) bond motifs is 1. The van der Waals surface area contributed by atoms with Crippen LogP contribution in [0.25, 0.3) is 0 Å². The van der Waals surface area contributed by atoms with Crippen LogP contribution in [0, 0.1) is 6.92 Å². The summed E-state index contributed by atoms with van der Waals surface area (Å²) in [6.07, 6.45) is 0. The fraction of sp³-hybridized carbons (Fsp3) is 0.143. The van der Waals surface area contributed by atoms with Crippen molar-refractivity contribution in [3.8, 4) is 0 Å². The summed E-state index contributed by atoms with van der Waals surface area (Å²) in [5.74, 6) is -0.370. The van der Waals surface area contributed by atoms with E-state index in [1.807, 2.05) is 30.3 Å². The Bertz CT molecular complexity index is 1090. The molecule has 0 spiro atoms. The summed E-state index contributed by atoms with van der Waals surface area (Å²) in [6.45, 7) is 3.52. The van der Waals surface area contributed by atoms with Gasteiger partial charge in [-0.05, 0) is 37.6 Å². The van der Waals surface area contributed by atoms with Crippen molar-refractivity contribution in [3.05, 3.63) is 82.6 Å². The highest BCUT2D eigenvalue weighted by molar-refractivity contribution is 6.22. The Kier molecular flexibility index (Phi) is 4.27. The number of amides is 3. The second kappa shape index (κ2) is 6.77.